The first-order valence-corrected chi connectivity index (χ1v) is 8.67. The number of rotatable bonds is 9. The Morgan fingerprint density at radius 2 is 1.23 bits per heavy atom. The Balaban J connectivity index is 0.00000450. The van der Waals surface area contributed by atoms with E-state index in [0.29, 0.717) is 45.7 Å². The number of quaternary nitrogens is 1. The van der Waals surface area contributed by atoms with Gasteiger partial charge in [0.1, 0.15) is 5.56 Å². The van der Waals surface area contributed by atoms with Gasteiger partial charge < -0.3 is 51.9 Å². The SMILES string of the molecule is COc1cc(CNC(=O)c2cc(OC)c(OC)c(OC)c2[NH3+])cc(OC)c1OC.[Cl-]. The van der Waals surface area contributed by atoms with Crippen LogP contribution in [-0.4, -0.2) is 48.6 Å². The molecule has 9 nitrogen and oxygen atoms in total. The van der Waals surface area contributed by atoms with Crippen LogP contribution in [0.3, 0.4) is 0 Å². The molecule has 0 aliphatic heterocycles. The topological polar surface area (TPSA) is 112 Å². The van der Waals surface area contributed by atoms with E-state index in [4.69, 9.17) is 28.4 Å². The van der Waals surface area contributed by atoms with Crippen LogP contribution in [0, 0.1) is 0 Å². The van der Waals surface area contributed by atoms with Crippen LogP contribution in [0.2, 0.25) is 0 Å². The van der Waals surface area contributed by atoms with Crippen LogP contribution in [0.25, 0.3) is 0 Å². The quantitative estimate of drug-likeness (QED) is 0.488. The maximum atomic E-state index is 12.8. The van der Waals surface area contributed by atoms with E-state index in [2.05, 4.69) is 11.1 Å². The summed E-state index contributed by atoms with van der Waals surface area (Å²) in [5.74, 6) is 2.22. The number of methoxy groups -OCH3 is 6. The molecule has 2 aromatic rings. The summed E-state index contributed by atoms with van der Waals surface area (Å²) in [6.07, 6.45) is 0. The first kappa shape index (κ1) is 25.0. The van der Waals surface area contributed by atoms with Gasteiger partial charge in [-0.15, -0.1) is 0 Å². The fraction of sp³-hybridized carbons (Fsp3) is 0.350. The van der Waals surface area contributed by atoms with Gasteiger partial charge in [0.25, 0.3) is 5.91 Å². The number of carbonyl (C=O) groups is 1. The second kappa shape index (κ2) is 11.2. The van der Waals surface area contributed by atoms with Crippen molar-refractivity contribution in [3.8, 4) is 34.5 Å². The first-order chi connectivity index (χ1) is 13.9. The van der Waals surface area contributed by atoms with Crippen molar-refractivity contribution in [3.63, 3.8) is 0 Å². The molecule has 0 fully saturated rings. The molecule has 2 aromatic carbocycles. The highest BCUT2D eigenvalue weighted by molar-refractivity contribution is 6.00. The van der Waals surface area contributed by atoms with Crippen molar-refractivity contribution in [2.24, 2.45) is 0 Å². The van der Waals surface area contributed by atoms with Crippen LogP contribution >= 0.6 is 0 Å². The molecule has 0 radical (unpaired) electrons. The van der Waals surface area contributed by atoms with E-state index in [0.717, 1.165) is 5.56 Å². The minimum atomic E-state index is -0.344. The fourth-order valence-corrected chi connectivity index (χ4v) is 2.93. The largest absolute Gasteiger partial charge is 1.00 e. The van der Waals surface area contributed by atoms with E-state index in [1.54, 1.807) is 18.2 Å². The summed E-state index contributed by atoms with van der Waals surface area (Å²) in [5, 5.41) is 2.85. The summed E-state index contributed by atoms with van der Waals surface area (Å²) in [7, 11) is 9.04. The van der Waals surface area contributed by atoms with Crippen molar-refractivity contribution < 1.29 is 51.4 Å². The molecule has 1 amide bonds. The van der Waals surface area contributed by atoms with E-state index in [1.165, 1.54) is 42.7 Å². The number of nitrogens with one attached hydrogen (secondary N) is 1. The van der Waals surface area contributed by atoms with Crippen molar-refractivity contribution in [2.75, 3.05) is 42.7 Å². The smallest absolute Gasteiger partial charge is 0.257 e. The molecule has 0 unspecified atom stereocenters. The fourth-order valence-electron chi connectivity index (χ4n) is 2.93. The number of benzene rings is 2. The number of amides is 1. The Hall–Kier alpha value is -3.04. The van der Waals surface area contributed by atoms with Gasteiger partial charge >= 0.3 is 0 Å². The highest BCUT2D eigenvalue weighted by Gasteiger charge is 2.25. The minimum Gasteiger partial charge on any atom is -1.00 e. The second-order valence-electron chi connectivity index (χ2n) is 5.89. The summed E-state index contributed by atoms with van der Waals surface area (Å²) in [5.41, 5.74) is 5.43. The lowest BCUT2D eigenvalue weighted by Crippen LogP contribution is -3.00. The van der Waals surface area contributed by atoms with E-state index in [9.17, 15) is 4.79 Å². The molecule has 0 spiro atoms. The van der Waals surface area contributed by atoms with Gasteiger partial charge in [-0.2, -0.15) is 0 Å². The maximum absolute atomic E-state index is 12.8. The van der Waals surface area contributed by atoms with Crippen molar-refractivity contribution in [3.05, 3.63) is 29.3 Å². The van der Waals surface area contributed by atoms with Gasteiger partial charge in [-0.05, 0) is 17.7 Å². The van der Waals surface area contributed by atoms with E-state index < -0.39 is 0 Å². The predicted octanol–water partition coefficient (Wildman–Crippen LogP) is -1.45. The molecule has 0 aliphatic carbocycles. The molecular weight excluding hydrogens is 416 g/mol. The molecule has 0 heterocycles. The average Bonchev–Trinajstić information content (AvgIpc) is 2.75. The third-order valence-corrected chi connectivity index (χ3v) is 4.36. The molecule has 0 saturated carbocycles. The zero-order valence-corrected chi connectivity index (χ0v) is 18.6. The molecule has 4 N–H and O–H groups in total. The van der Waals surface area contributed by atoms with Gasteiger partial charge in [-0.1, -0.05) is 0 Å². The van der Waals surface area contributed by atoms with Crippen LogP contribution in [0.5, 0.6) is 34.5 Å². The monoisotopic (exact) mass is 442 g/mol. The molecular formula is C20H27ClN2O7. The summed E-state index contributed by atoms with van der Waals surface area (Å²) in [6, 6.07) is 5.10. The normalized spacial score (nSPS) is 9.83. The van der Waals surface area contributed by atoms with Crippen molar-refractivity contribution in [1.29, 1.82) is 0 Å². The van der Waals surface area contributed by atoms with Crippen molar-refractivity contribution in [1.82, 2.24) is 5.32 Å². The Morgan fingerprint density at radius 3 is 1.67 bits per heavy atom. The Bertz CT molecular complexity index is 865. The average molecular weight is 443 g/mol. The highest BCUT2D eigenvalue weighted by Crippen LogP contribution is 2.43. The third-order valence-electron chi connectivity index (χ3n) is 4.36. The lowest BCUT2D eigenvalue weighted by atomic mass is 10.1. The lowest BCUT2D eigenvalue weighted by molar-refractivity contribution is -0.256. The zero-order valence-electron chi connectivity index (χ0n) is 17.9. The zero-order chi connectivity index (χ0) is 21.6. The number of halogens is 1. The Morgan fingerprint density at radius 1 is 0.767 bits per heavy atom. The van der Waals surface area contributed by atoms with Gasteiger partial charge in [0.15, 0.2) is 22.9 Å². The standard InChI is InChI=1S/C20H26N2O7.ClH/c1-24-13-7-11(8-14(25-2)17(13)27-4)10-22-20(23)12-9-15(26-3)18(28-5)19(29-6)16(12)21;/h7-9H,10,21H2,1-6H3,(H,22,23);1H. The predicted molar refractivity (Wildman–Crippen MR) is 106 cm³/mol. The van der Waals surface area contributed by atoms with Crippen LogP contribution < -0.4 is 51.9 Å². The van der Waals surface area contributed by atoms with Crippen LogP contribution in [0.15, 0.2) is 18.2 Å². The van der Waals surface area contributed by atoms with Gasteiger partial charge in [0.2, 0.25) is 17.2 Å². The van der Waals surface area contributed by atoms with Crippen LogP contribution in [0.4, 0.5) is 5.69 Å². The number of hydrogen-bond donors (Lipinski definition) is 2. The van der Waals surface area contributed by atoms with Crippen LogP contribution in [-0.2, 0) is 6.54 Å². The number of hydrogen-bond acceptors (Lipinski definition) is 7. The van der Waals surface area contributed by atoms with E-state index in [1.807, 2.05) is 0 Å². The lowest BCUT2D eigenvalue weighted by Gasteiger charge is -2.16. The molecule has 166 valence electrons. The minimum absolute atomic E-state index is 0. The molecule has 0 atom stereocenters. The summed E-state index contributed by atoms with van der Waals surface area (Å²) >= 11 is 0. The summed E-state index contributed by atoms with van der Waals surface area (Å²) < 4.78 is 32.0. The number of ether oxygens (including phenoxy) is 6. The van der Waals surface area contributed by atoms with E-state index in [-0.39, 0.29) is 24.9 Å². The molecule has 10 heteroatoms. The Kier molecular flexibility index (Phi) is 9.35. The molecule has 2 rings (SSSR count). The summed E-state index contributed by atoms with van der Waals surface area (Å²) in [6.45, 7) is 0.228. The van der Waals surface area contributed by atoms with Gasteiger partial charge in [-0.25, -0.2) is 0 Å². The molecule has 0 saturated heterocycles. The van der Waals surface area contributed by atoms with Crippen molar-refractivity contribution in [2.45, 2.75) is 6.54 Å². The van der Waals surface area contributed by atoms with Crippen molar-refractivity contribution >= 4 is 11.6 Å². The highest BCUT2D eigenvalue weighted by atomic mass is 35.5. The van der Waals surface area contributed by atoms with E-state index >= 15 is 0 Å². The first-order valence-electron chi connectivity index (χ1n) is 8.67. The van der Waals surface area contributed by atoms with Crippen LogP contribution in [0.1, 0.15) is 15.9 Å². The molecule has 30 heavy (non-hydrogen) atoms. The molecule has 0 bridgehead atoms. The van der Waals surface area contributed by atoms with Gasteiger partial charge in [0, 0.05) is 12.6 Å². The second-order valence-corrected chi connectivity index (χ2v) is 5.89. The maximum Gasteiger partial charge on any atom is 0.257 e. The molecule has 0 aliphatic rings. The number of carbonyl (C=O) groups excluding carboxylic acids is 1. The van der Waals surface area contributed by atoms with Gasteiger partial charge in [0.05, 0.1) is 42.7 Å². The van der Waals surface area contributed by atoms with Gasteiger partial charge in [-0.3, -0.25) is 4.79 Å². The Labute approximate surface area is 181 Å². The third kappa shape index (κ3) is 4.92. The summed E-state index contributed by atoms with van der Waals surface area (Å²) in [4.78, 5) is 12.8. The molecule has 0 aromatic heterocycles.